The molecule has 138 valence electrons. The topological polar surface area (TPSA) is 45.2 Å². The van der Waals surface area contributed by atoms with E-state index < -0.39 is 0 Å². The average Bonchev–Trinajstić information content (AvgIpc) is 3.20. The van der Waals surface area contributed by atoms with E-state index in [1.165, 1.54) is 0 Å². The molecule has 1 saturated heterocycles. The molecule has 0 saturated carbocycles. The molecule has 2 aromatic carbocycles. The molecule has 2 heterocycles. The molecule has 3 aromatic rings. The number of benzene rings is 2. The Labute approximate surface area is 163 Å². The van der Waals surface area contributed by atoms with E-state index in [2.05, 4.69) is 27.7 Å². The van der Waals surface area contributed by atoms with Gasteiger partial charge >= 0.3 is 0 Å². The monoisotopic (exact) mass is 377 g/mol. The van der Waals surface area contributed by atoms with Crippen LogP contribution in [0.5, 0.6) is 0 Å². The van der Waals surface area contributed by atoms with Crippen molar-refractivity contribution in [3.63, 3.8) is 0 Å². The Morgan fingerprint density at radius 3 is 2.52 bits per heavy atom. The molecule has 0 atom stereocenters. The second-order valence-electron chi connectivity index (χ2n) is 6.93. The van der Waals surface area contributed by atoms with Crippen LogP contribution >= 0.6 is 11.3 Å². The maximum absolute atomic E-state index is 12.5. The molecule has 0 unspecified atom stereocenters. The third-order valence-electron chi connectivity index (χ3n) is 5.05. The van der Waals surface area contributed by atoms with E-state index in [1.54, 1.807) is 11.3 Å². The lowest BCUT2D eigenvalue weighted by Crippen LogP contribution is -2.44. The Morgan fingerprint density at radius 1 is 1.07 bits per heavy atom. The van der Waals surface area contributed by atoms with Crippen molar-refractivity contribution >= 4 is 22.4 Å². The smallest absolute Gasteiger partial charge is 0.251 e. The van der Waals surface area contributed by atoms with Gasteiger partial charge in [0, 0.05) is 35.6 Å². The van der Waals surface area contributed by atoms with Crippen LogP contribution in [0.4, 0.5) is 5.13 Å². The predicted molar refractivity (Wildman–Crippen MR) is 111 cm³/mol. The average molecular weight is 378 g/mol. The van der Waals surface area contributed by atoms with Crippen molar-refractivity contribution in [1.29, 1.82) is 0 Å². The molecule has 0 bridgehead atoms. The van der Waals surface area contributed by atoms with E-state index >= 15 is 0 Å². The number of aromatic nitrogens is 1. The van der Waals surface area contributed by atoms with Crippen molar-refractivity contribution < 1.29 is 4.79 Å². The van der Waals surface area contributed by atoms with Gasteiger partial charge in [0.05, 0.1) is 5.69 Å². The Bertz CT molecular complexity index is 914. The first-order chi connectivity index (χ1) is 13.2. The molecule has 1 amide bonds. The highest BCUT2D eigenvalue weighted by Gasteiger charge is 2.23. The molecular formula is C22H23N3OS. The summed E-state index contributed by atoms with van der Waals surface area (Å²) in [4.78, 5) is 19.6. The summed E-state index contributed by atoms with van der Waals surface area (Å²) in [5, 5.41) is 6.39. The highest BCUT2D eigenvalue weighted by molar-refractivity contribution is 7.14. The number of nitrogens with zero attached hydrogens (tertiary/aromatic N) is 2. The molecule has 1 fully saturated rings. The van der Waals surface area contributed by atoms with Crippen molar-refractivity contribution in [3.8, 4) is 11.3 Å². The zero-order valence-corrected chi connectivity index (χ0v) is 16.2. The minimum absolute atomic E-state index is 0.0344. The van der Waals surface area contributed by atoms with Crippen molar-refractivity contribution in [2.75, 3.05) is 18.0 Å². The zero-order chi connectivity index (χ0) is 18.6. The first kappa shape index (κ1) is 17.7. The quantitative estimate of drug-likeness (QED) is 0.727. The summed E-state index contributed by atoms with van der Waals surface area (Å²) < 4.78 is 0. The van der Waals surface area contributed by atoms with Crippen LogP contribution in [0.25, 0.3) is 11.3 Å². The molecule has 1 aliphatic rings. The summed E-state index contributed by atoms with van der Waals surface area (Å²) in [7, 11) is 0. The standard InChI is InChI=1S/C22H23N3OS/c1-16-7-5-6-10-19(16)21(26)23-18-11-13-25(14-12-18)22-24-20(15-27-22)17-8-3-2-4-9-17/h2-10,15,18H,11-14H2,1H3,(H,23,26). The number of aryl methyl sites for hydroxylation is 1. The van der Waals surface area contributed by atoms with Crippen LogP contribution in [-0.2, 0) is 0 Å². The van der Waals surface area contributed by atoms with E-state index in [-0.39, 0.29) is 11.9 Å². The molecule has 4 nitrogen and oxygen atoms in total. The van der Waals surface area contributed by atoms with Crippen molar-refractivity contribution in [2.45, 2.75) is 25.8 Å². The third kappa shape index (κ3) is 4.03. The summed E-state index contributed by atoms with van der Waals surface area (Å²) in [5.41, 5.74) is 3.97. The van der Waals surface area contributed by atoms with Crippen LogP contribution < -0.4 is 10.2 Å². The van der Waals surface area contributed by atoms with Gasteiger partial charge in [-0.3, -0.25) is 4.79 Å². The molecule has 5 heteroatoms. The Kier molecular flexibility index (Phi) is 5.21. The first-order valence-corrected chi connectivity index (χ1v) is 10.2. The Balaban J connectivity index is 1.35. The number of hydrogen-bond acceptors (Lipinski definition) is 4. The van der Waals surface area contributed by atoms with Gasteiger partial charge in [0.25, 0.3) is 5.91 Å². The lowest BCUT2D eigenvalue weighted by atomic mass is 10.0. The van der Waals surface area contributed by atoms with Gasteiger partial charge in [0.15, 0.2) is 5.13 Å². The Morgan fingerprint density at radius 2 is 1.78 bits per heavy atom. The number of anilines is 1. The fourth-order valence-electron chi connectivity index (χ4n) is 3.46. The Hall–Kier alpha value is -2.66. The molecule has 1 N–H and O–H groups in total. The van der Waals surface area contributed by atoms with Gasteiger partial charge in [-0.25, -0.2) is 4.98 Å². The van der Waals surface area contributed by atoms with E-state index in [0.29, 0.717) is 0 Å². The fraction of sp³-hybridized carbons (Fsp3) is 0.273. The molecule has 0 aliphatic carbocycles. The van der Waals surface area contributed by atoms with Gasteiger partial charge in [-0.2, -0.15) is 0 Å². The second-order valence-corrected chi connectivity index (χ2v) is 7.77. The van der Waals surface area contributed by atoms with Gasteiger partial charge < -0.3 is 10.2 Å². The number of piperidine rings is 1. The number of hydrogen-bond donors (Lipinski definition) is 1. The number of rotatable bonds is 4. The minimum Gasteiger partial charge on any atom is -0.349 e. The largest absolute Gasteiger partial charge is 0.349 e. The van der Waals surface area contributed by atoms with Crippen molar-refractivity contribution in [1.82, 2.24) is 10.3 Å². The van der Waals surface area contributed by atoms with Gasteiger partial charge in [-0.15, -0.1) is 11.3 Å². The molecular weight excluding hydrogens is 354 g/mol. The van der Waals surface area contributed by atoms with E-state index in [0.717, 1.165) is 53.4 Å². The zero-order valence-electron chi connectivity index (χ0n) is 15.4. The predicted octanol–water partition coefficient (Wildman–Crippen LogP) is 4.52. The maximum Gasteiger partial charge on any atom is 0.251 e. The van der Waals surface area contributed by atoms with Crippen LogP contribution in [0.15, 0.2) is 60.0 Å². The number of amides is 1. The van der Waals surface area contributed by atoms with Crippen LogP contribution in [0.2, 0.25) is 0 Å². The van der Waals surface area contributed by atoms with Gasteiger partial charge in [-0.1, -0.05) is 48.5 Å². The third-order valence-corrected chi connectivity index (χ3v) is 5.95. The van der Waals surface area contributed by atoms with Crippen LogP contribution in [0.1, 0.15) is 28.8 Å². The van der Waals surface area contributed by atoms with Crippen LogP contribution in [0, 0.1) is 6.92 Å². The highest BCUT2D eigenvalue weighted by Crippen LogP contribution is 2.29. The molecule has 0 radical (unpaired) electrons. The lowest BCUT2D eigenvalue weighted by Gasteiger charge is -2.32. The van der Waals surface area contributed by atoms with E-state index in [1.807, 2.05) is 49.4 Å². The van der Waals surface area contributed by atoms with E-state index in [9.17, 15) is 4.79 Å². The minimum atomic E-state index is 0.0344. The van der Waals surface area contributed by atoms with Gasteiger partial charge in [0.1, 0.15) is 0 Å². The summed E-state index contributed by atoms with van der Waals surface area (Å²) in [6, 6.07) is 18.2. The summed E-state index contributed by atoms with van der Waals surface area (Å²) in [6.07, 6.45) is 1.88. The number of nitrogens with one attached hydrogen (secondary N) is 1. The molecule has 4 rings (SSSR count). The first-order valence-electron chi connectivity index (χ1n) is 9.33. The van der Waals surface area contributed by atoms with Crippen LogP contribution in [-0.4, -0.2) is 30.0 Å². The SMILES string of the molecule is Cc1ccccc1C(=O)NC1CCN(c2nc(-c3ccccc3)cs2)CC1. The van der Waals surface area contributed by atoms with Gasteiger partial charge in [0.2, 0.25) is 0 Å². The summed E-state index contributed by atoms with van der Waals surface area (Å²) >= 11 is 1.69. The number of carbonyl (C=O) groups is 1. The van der Waals surface area contributed by atoms with Crippen LogP contribution in [0.3, 0.4) is 0 Å². The highest BCUT2D eigenvalue weighted by atomic mass is 32.1. The normalized spacial score (nSPS) is 14.9. The van der Waals surface area contributed by atoms with Gasteiger partial charge in [-0.05, 0) is 31.4 Å². The molecule has 1 aliphatic heterocycles. The van der Waals surface area contributed by atoms with Crippen molar-refractivity contribution in [2.24, 2.45) is 0 Å². The fourth-order valence-corrected chi connectivity index (χ4v) is 4.35. The summed E-state index contributed by atoms with van der Waals surface area (Å²) in [5.74, 6) is 0.0344. The maximum atomic E-state index is 12.5. The molecule has 1 aromatic heterocycles. The number of thiazole rings is 1. The number of carbonyl (C=O) groups excluding carboxylic acids is 1. The van der Waals surface area contributed by atoms with Crippen molar-refractivity contribution in [3.05, 3.63) is 71.1 Å². The summed E-state index contributed by atoms with van der Waals surface area (Å²) in [6.45, 7) is 3.81. The molecule has 0 spiro atoms. The molecule has 27 heavy (non-hydrogen) atoms. The van der Waals surface area contributed by atoms with E-state index in [4.69, 9.17) is 4.98 Å². The lowest BCUT2D eigenvalue weighted by molar-refractivity contribution is 0.0930. The second kappa shape index (κ2) is 7.92.